The van der Waals surface area contributed by atoms with E-state index in [1.54, 1.807) is 11.2 Å². The maximum atomic E-state index is 13.0. The summed E-state index contributed by atoms with van der Waals surface area (Å²) < 4.78 is 5.74. The number of aryl methyl sites for hydroxylation is 3. The van der Waals surface area contributed by atoms with Gasteiger partial charge in [0.05, 0.1) is 19.2 Å². The van der Waals surface area contributed by atoms with E-state index in [0.29, 0.717) is 6.54 Å². The molecule has 1 aliphatic rings. The molecular formula is C25H28N2O3. The smallest absolute Gasteiger partial charge is 0.244 e. The molecule has 0 saturated heterocycles. The van der Waals surface area contributed by atoms with Gasteiger partial charge in [-0.2, -0.15) is 0 Å². The average molecular weight is 405 g/mol. The normalized spacial score (nSPS) is 12.7. The zero-order valence-electron chi connectivity index (χ0n) is 17.7. The van der Waals surface area contributed by atoms with Crippen LogP contribution in [0.1, 0.15) is 42.0 Å². The van der Waals surface area contributed by atoms with Crippen LogP contribution in [0.5, 0.6) is 0 Å². The van der Waals surface area contributed by atoms with Crippen molar-refractivity contribution in [3.63, 3.8) is 0 Å². The molecule has 0 aliphatic heterocycles. The number of nitrogens with one attached hydrogen (secondary N) is 1. The lowest BCUT2D eigenvalue weighted by molar-refractivity contribution is -0.134. The van der Waals surface area contributed by atoms with E-state index < -0.39 is 0 Å². The summed E-state index contributed by atoms with van der Waals surface area (Å²) in [6, 6.07) is 11.9. The van der Waals surface area contributed by atoms with E-state index in [9.17, 15) is 9.59 Å². The zero-order chi connectivity index (χ0) is 21.1. The molecule has 1 heterocycles. The molecule has 1 N–H and O–H groups in total. The van der Waals surface area contributed by atoms with Crippen LogP contribution in [0.2, 0.25) is 0 Å². The number of rotatable bonds is 7. The van der Waals surface area contributed by atoms with Crippen LogP contribution >= 0.6 is 0 Å². The van der Waals surface area contributed by atoms with Gasteiger partial charge < -0.3 is 14.6 Å². The van der Waals surface area contributed by atoms with E-state index >= 15 is 0 Å². The van der Waals surface area contributed by atoms with E-state index in [1.807, 2.05) is 38.1 Å². The highest BCUT2D eigenvalue weighted by Gasteiger charge is 2.21. The lowest BCUT2D eigenvalue weighted by Gasteiger charge is -2.22. The molecule has 1 aliphatic carbocycles. The monoisotopic (exact) mass is 404 g/mol. The third kappa shape index (κ3) is 4.25. The van der Waals surface area contributed by atoms with Crippen molar-refractivity contribution in [2.75, 3.05) is 18.4 Å². The minimum Gasteiger partial charge on any atom is -0.464 e. The lowest BCUT2D eigenvalue weighted by Crippen LogP contribution is -2.39. The maximum absolute atomic E-state index is 13.0. The fourth-order valence-corrected chi connectivity index (χ4v) is 4.20. The van der Waals surface area contributed by atoms with Crippen molar-refractivity contribution in [2.24, 2.45) is 0 Å². The van der Waals surface area contributed by atoms with Crippen LogP contribution in [0.3, 0.4) is 0 Å². The number of carbonyl (C=O) groups is 2. The number of nitrogens with zero attached hydrogens (tertiary/aromatic N) is 1. The second-order valence-electron chi connectivity index (χ2n) is 8.09. The number of anilines is 1. The summed E-state index contributed by atoms with van der Waals surface area (Å²) >= 11 is 0. The number of hydrogen-bond donors (Lipinski definition) is 1. The van der Waals surface area contributed by atoms with Gasteiger partial charge in [0.25, 0.3) is 0 Å². The third-order valence-corrected chi connectivity index (χ3v) is 5.81. The molecule has 0 saturated carbocycles. The summed E-state index contributed by atoms with van der Waals surface area (Å²) in [4.78, 5) is 27.2. The predicted octanol–water partition coefficient (Wildman–Crippen LogP) is 4.65. The fraction of sp³-hybridized carbons (Fsp3) is 0.360. The summed E-state index contributed by atoms with van der Waals surface area (Å²) in [5.74, 6) is -0.235. The number of carbonyl (C=O) groups excluding carboxylic acids is 2. The number of benzene rings is 2. The lowest BCUT2D eigenvalue weighted by atomic mass is 10.0. The molecular weight excluding hydrogens is 376 g/mol. The number of amides is 2. The molecule has 5 nitrogen and oxygen atoms in total. The summed E-state index contributed by atoms with van der Waals surface area (Å²) in [6.45, 7) is 4.55. The molecule has 0 bridgehead atoms. The zero-order valence-corrected chi connectivity index (χ0v) is 17.7. The maximum Gasteiger partial charge on any atom is 0.244 e. The number of hydrogen-bond acceptors (Lipinski definition) is 3. The van der Waals surface area contributed by atoms with Crippen molar-refractivity contribution in [1.82, 2.24) is 4.90 Å². The molecule has 1 aromatic heterocycles. The first kappa shape index (κ1) is 20.2. The Morgan fingerprint density at radius 1 is 1.13 bits per heavy atom. The molecule has 3 aromatic rings. The van der Waals surface area contributed by atoms with Crippen LogP contribution < -0.4 is 5.32 Å². The SMILES string of the molecule is CCCN(CC(=O)Nc1ccccc1C)C(=O)Cc1coc2cc3c(cc12)CCC3. The Morgan fingerprint density at radius 2 is 1.90 bits per heavy atom. The van der Waals surface area contributed by atoms with E-state index in [4.69, 9.17) is 4.42 Å². The molecule has 5 heteroatoms. The topological polar surface area (TPSA) is 62.6 Å². The second kappa shape index (κ2) is 8.74. The van der Waals surface area contributed by atoms with Crippen LogP contribution in [0.25, 0.3) is 11.0 Å². The Labute approximate surface area is 177 Å². The van der Waals surface area contributed by atoms with Gasteiger partial charge in [0.2, 0.25) is 11.8 Å². The van der Waals surface area contributed by atoms with Gasteiger partial charge in [0.1, 0.15) is 5.58 Å². The summed E-state index contributed by atoms with van der Waals surface area (Å²) in [6.07, 6.45) is 6.09. The van der Waals surface area contributed by atoms with E-state index in [-0.39, 0.29) is 24.8 Å². The number of fused-ring (bicyclic) bond motifs is 2. The molecule has 2 amide bonds. The summed E-state index contributed by atoms with van der Waals surface area (Å²) in [7, 11) is 0. The minimum atomic E-state index is -0.180. The Hall–Kier alpha value is -3.08. The van der Waals surface area contributed by atoms with Crippen molar-refractivity contribution in [1.29, 1.82) is 0 Å². The summed E-state index contributed by atoms with van der Waals surface area (Å²) in [5, 5.41) is 3.94. The molecule has 0 spiro atoms. The predicted molar refractivity (Wildman–Crippen MR) is 119 cm³/mol. The quantitative estimate of drug-likeness (QED) is 0.623. The highest BCUT2D eigenvalue weighted by atomic mass is 16.3. The minimum absolute atomic E-state index is 0.0478. The van der Waals surface area contributed by atoms with Crippen molar-refractivity contribution in [3.8, 4) is 0 Å². The Kier molecular flexibility index (Phi) is 5.88. The van der Waals surface area contributed by atoms with Crippen LogP contribution in [-0.2, 0) is 28.9 Å². The third-order valence-electron chi connectivity index (χ3n) is 5.81. The average Bonchev–Trinajstić information content (AvgIpc) is 3.34. The first-order valence-electron chi connectivity index (χ1n) is 10.7. The van der Waals surface area contributed by atoms with Gasteiger partial charge in [-0.15, -0.1) is 0 Å². The molecule has 30 heavy (non-hydrogen) atoms. The second-order valence-corrected chi connectivity index (χ2v) is 8.09. The molecule has 2 aromatic carbocycles. The number of para-hydroxylation sites is 1. The fourth-order valence-electron chi connectivity index (χ4n) is 4.20. The molecule has 0 atom stereocenters. The van der Waals surface area contributed by atoms with Gasteiger partial charge >= 0.3 is 0 Å². The largest absolute Gasteiger partial charge is 0.464 e. The summed E-state index contributed by atoms with van der Waals surface area (Å²) in [5.41, 5.74) is 6.23. The van der Waals surface area contributed by atoms with Gasteiger partial charge in [0, 0.05) is 23.2 Å². The van der Waals surface area contributed by atoms with Crippen LogP contribution in [-0.4, -0.2) is 29.8 Å². The standard InChI is InChI=1S/C25H28N2O3/c1-3-11-27(15-24(28)26-22-10-5-4-7-17(22)2)25(29)14-20-16-30-23-13-19-9-6-8-18(19)12-21(20)23/h4-5,7,10,12-13,16H,3,6,8-9,11,14-15H2,1-2H3,(H,26,28). The van der Waals surface area contributed by atoms with Gasteiger partial charge in [-0.05, 0) is 67.5 Å². The van der Waals surface area contributed by atoms with Crippen molar-refractivity contribution in [3.05, 3.63) is 64.9 Å². The van der Waals surface area contributed by atoms with Crippen molar-refractivity contribution in [2.45, 2.75) is 46.0 Å². The van der Waals surface area contributed by atoms with Crippen molar-refractivity contribution < 1.29 is 14.0 Å². The number of furan rings is 1. The van der Waals surface area contributed by atoms with E-state index in [0.717, 1.165) is 47.0 Å². The Morgan fingerprint density at radius 3 is 2.67 bits per heavy atom. The highest BCUT2D eigenvalue weighted by molar-refractivity contribution is 5.96. The molecule has 4 rings (SSSR count). The van der Waals surface area contributed by atoms with Crippen LogP contribution in [0.15, 0.2) is 47.1 Å². The Balaban J connectivity index is 1.46. The first-order chi connectivity index (χ1) is 14.5. The van der Waals surface area contributed by atoms with Gasteiger partial charge in [-0.3, -0.25) is 9.59 Å². The molecule has 0 radical (unpaired) electrons. The van der Waals surface area contributed by atoms with E-state index in [2.05, 4.69) is 17.4 Å². The molecule has 156 valence electrons. The Bertz CT molecular complexity index is 1080. The molecule has 0 unspecified atom stereocenters. The highest BCUT2D eigenvalue weighted by Crippen LogP contribution is 2.30. The van der Waals surface area contributed by atoms with Gasteiger partial charge in [0.15, 0.2) is 0 Å². The molecule has 0 fully saturated rings. The van der Waals surface area contributed by atoms with Crippen LogP contribution in [0, 0.1) is 6.92 Å². The van der Waals surface area contributed by atoms with Crippen LogP contribution in [0.4, 0.5) is 5.69 Å². The van der Waals surface area contributed by atoms with Gasteiger partial charge in [-0.25, -0.2) is 0 Å². The van der Waals surface area contributed by atoms with Crippen molar-refractivity contribution >= 4 is 28.5 Å². The van der Waals surface area contributed by atoms with Gasteiger partial charge in [-0.1, -0.05) is 25.1 Å². The van der Waals surface area contributed by atoms with E-state index in [1.165, 1.54) is 17.5 Å². The first-order valence-corrected chi connectivity index (χ1v) is 10.7.